The summed E-state index contributed by atoms with van der Waals surface area (Å²) in [6.45, 7) is 9.00. The van der Waals surface area contributed by atoms with Gasteiger partial charge in [0.15, 0.2) is 6.10 Å². The molecule has 0 radical (unpaired) electrons. The first kappa shape index (κ1) is 57.4. The van der Waals surface area contributed by atoms with E-state index in [0.717, 1.165) is 63.7 Å². The summed E-state index contributed by atoms with van der Waals surface area (Å²) < 4.78 is 16.8. The van der Waals surface area contributed by atoms with Crippen LogP contribution in [0.3, 0.4) is 0 Å². The molecule has 0 saturated heterocycles. The minimum Gasteiger partial charge on any atom is -0.462 e. The van der Waals surface area contributed by atoms with Crippen LogP contribution in [0.5, 0.6) is 0 Å². The molecular formula is C53H102O6. The average Bonchev–Trinajstić information content (AvgIpc) is 3.23. The van der Waals surface area contributed by atoms with Gasteiger partial charge in [0.25, 0.3) is 0 Å². The van der Waals surface area contributed by atoms with Gasteiger partial charge in [-0.3, -0.25) is 14.4 Å². The number of carbonyl (C=O) groups is 3. The smallest absolute Gasteiger partial charge is 0.306 e. The molecule has 0 spiro atoms. The Morgan fingerprint density at radius 2 is 0.593 bits per heavy atom. The molecule has 0 aliphatic carbocycles. The fraction of sp³-hybridized carbons (Fsp3) is 0.943. The van der Waals surface area contributed by atoms with Gasteiger partial charge in [0, 0.05) is 19.3 Å². The molecule has 6 heteroatoms. The maximum Gasteiger partial charge on any atom is 0.306 e. The Morgan fingerprint density at radius 3 is 0.881 bits per heavy atom. The van der Waals surface area contributed by atoms with Gasteiger partial charge in [0.1, 0.15) is 13.2 Å². The number of carbonyl (C=O) groups excluding carboxylic acids is 3. The monoisotopic (exact) mass is 835 g/mol. The van der Waals surface area contributed by atoms with E-state index in [1.165, 1.54) is 193 Å². The van der Waals surface area contributed by atoms with Gasteiger partial charge in [-0.1, -0.05) is 259 Å². The van der Waals surface area contributed by atoms with Crippen LogP contribution < -0.4 is 0 Å². The van der Waals surface area contributed by atoms with Crippen LogP contribution in [0.4, 0.5) is 0 Å². The lowest BCUT2D eigenvalue weighted by atomic mass is 10.00. The zero-order valence-electron chi connectivity index (χ0n) is 40.2. The molecule has 0 amide bonds. The third-order valence-electron chi connectivity index (χ3n) is 12.4. The van der Waals surface area contributed by atoms with Gasteiger partial charge in [-0.2, -0.15) is 0 Å². The van der Waals surface area contributed by atoms with E-state index in [4.69, 9.17) is 14.2 Å². The molecular weight excluding hydrogens is 733 g/mol. The van der Waals surface area contributed by atoms with Crippen molar-refractivity contribution in [1.82, 2.24) is 0 Å². The van der Waals surface area contributed by atoms with Gasteiger partial charge in [0.05, 0.1) is 0 Å². The van der Waals surface area contributed by atoms with Crippen molar-refractivity contribution in [3.8, 4) is 0 Å². The van der Waals surface area contributed by atoms with Gasteiger partial charge in [-0.25, -0.2) is 0 Å². The van der Waals surface area contributed by atoms with Gasteiger partial charge in [0.2, 0.25) is 0 Å². The van der Waals surface area contributed by atoms with Crippen molar-refractivity contribution in [2.75, 3.05) is 13.2 Å². The Labute approximate surface area is 368 Å². The van der Waals surface area contributed by atoms with Crippen molar-refractivity contribution < 1.29 is 28.6 Å². The highest BCUT2D eigenvalue weighted by atomic mass is 16.6. The number of ether oxygens (including phenoxy) is 3. The summed E-state index contributed by atoms with van der Waals surface area (Å²) in [4.78, 5) is 37.9. The molecule has 6 nitrogen and oxygen atoms in total. The lowest BCUT2D eigenvalue weighted by Crippen LogP contribution is -2.30. The van der Waals surface area contributed by atoms with E-state index in [2.05, 4.69) is 27.7 Å². The molecule has 1 unspecified atom stereocenters. The van der Waals surface area contributed by atoms with Gasteiger partial charge < -0.3 is 14.2 Å². The predicted molar refractivity (Wildman–Crippen MR) is 252 cm³/mol. The van der Waals surface area contributed by atoms with Crippen LogP contribution in [0.1, 0.15) is 297 Å². The van der Waals surface area contributed by atoms with Crippen molar-refractivity contribution in [1.29, 1.82) is 0 Å². The molecule has 0 aromatic carbocycles. The second-order valence-electron chi connectivity index (χ2n) is 18.4. The minimum atomic E-state index is -0.761. The summed E-state index contributed by atoms with van der Waals surface area (Å²) in [5, 5.41) is 0. The minimum absolute atomic E-state index is 0.0634. The van der Waals surface area contributed by atoms with E-state index >= 15 is 0 Å². The lowest BCUT2D eigenvalue weighted by molar-refractivity contribution is -0.167. The standard InChI is InChI=1S/C53H102O6/c1-5-8-10-12-14-16-18-20-21-22-23-24-25-26-28-29-31-36-40-44-51(54)57-47-50(48-58-52(55)45-41-37-34-33-35-39-43-49(4)7-3)59-53(56)46-42-38-32-30-27-19-17-15-13-11-9-6-2/h49-50H,5-48H2,1-4H3/t49?,50-/m1/s1. The lowest BCUT2D eigenvalue weighted by Gasteiger charge is -2.18. The predicted octanol–water partition coefficient (Wildman–Crippen LogP) is 17.1. The third kappa shape index (κ3) is 45.8. The van der Waals surface area contributed by atoms with Crippen LogP contribution in [0.2, 0.25) is 0 Å². The summed E-state index contributed by atoms with van der Waals surface area (Å²) in [5.41, 5.74) is 0. The fourth-order valence-electron chi connectivity index (χ4n) is 8.01. The van der Waals surface area contributed by atoms with E-state index in [1.54, 1.807) is 0 Å². The molecule has 0 aliphatic heterocycles. The van der Waals surface area contributed by atoms with E-state index < -0.39 is 6.10 Å². The fourth-order valence-corrected chi connectivity index (χ4v) is 8.01. The second kappa shape index (κ2) is 47.5. The van der Waals surface area contributed by atoms with Crippen LogP contribution >= 0.6 is 0 Å². The van der Waals surface area contributed by atoms with Crippen LogP contribution in [-0.2, 0) is 28.6 Å². The topological polar surface area (TPSA) is 78.9 Å². The van der Waals surface area contributed by atoms with Crippen LogP contribution in [0.15, 0.2) is 0 Å². The Balaban J connectivity index is 4.23. The molecule has 0 rings (SSSR count). The Morgan fingerprint density at radius 1 is 0.339 bits per heavy atom. The molecule has 2 atom stereocenters. The molecule has 0 aromatic rings. The summed E-state index contributed by atoms with van der Waals surface area (Å²) in [6, 6.07) is 0. The van der Waals surface area contributed by atoms with E-state index in [-0.39, 0.29) is 31.1 Å². The number of hydrogen-bond acceptors (Lipinski definition) is 6. The first-order valence-corrected chi connectivity index (χ1v) is 26.4. The molecule has 0 saturated carbocycles. The molecule has 0 aromatic heterocycles. The largest absolute Gasteiger partial charge is 0.462 e. The van der Waals surface area contributed by atoms with Crippen molar-refractivity contribution in [3.05, 3.63) is 0 Å². The maximum absolute atomic E-state index is 12.8. The van der Waals surface area contributed by atoms with Crippen LogP contribution in [-0.4, -0.2) is 37.2 Å². The van der Waals surface area contributed by atoms with E-state index in [0.29, 0.717) is 19.3 Å². The highest BCUT2D eigenvalue weighted by Gasteiger charge is 2.19. The summed E-state index contributed by atoms with van der Waals surface area (Å²) in [5.74, 6) is -0.0333. The summed E-state index contributed by atoms with van der Waals surface area (Å²) in [6.07, 6.45) is 49.5. The first-order chi connectivity index (χ1) is 28.9. The maximum atomic E-state index is 12.8. The first-order valence-electron chi connectivity index (χ1n) is 26.4. The molecule has 0 bridgehead atoms. The quantitative estimate of drug-likeness (QED) is 0.0345. The highest BCUT2D eigenvalue weighted by Crippen LogP contribution is 2.18. The van der Waals surface area contributed by atoms with Gasteiger partial charge in [-0.05, 0) is 25.2 Å². The van der Waals surface area contributed by atoms with Crippen molar-refractivity contribution in [3.63, 3.8) is 0 Å². The summed E-state index contributed by atoms with van der Waals surface area (Å²) in [7, 11) is 0. The van der Waals surface area contributed by atoms with Crippen molar-refractivity contribution in [2.45, 2.75) is 303 Å². The average molecular weight is 835 g/mol. The molecule has 59 heavy (non-hydrogen) atoms. The highest BCUT2D eigenvalue weighted by molar-refractivity contribution is 5.71. The Bertz CT molecular complexity index is 889. The van der Waals surface area contributed by atoms with E-state index in [1.807, 2.05) is 0 Å². The second-order valence-corrected chi connectivity index (χ2v) is 18.4. The van der Waals surface area contributed by atoms with Crippen LogP contribution in [0, 0.1) is 5.92 Å². The Kier molecular flexibility index (Phi) is 46.2. The molecule has 0 N–H and O–H groups in total. The molecule has 0 fully saturated rings. The molecule has 350 valence electrons. The third-order valence-corrected chi connectivity index (χ3v) is 12.4. The Hall–Kier alpha value is -1.59. The molecule has 0 heterocycles. The van der Waals surface area contributed by atoms with Crippen LogP contribution in [0.25, 0.3) is 0 Å². The number of unbranched alkanes of at least 4 members (excludes halogenated alkanes) is 34. The normalized spacial score (nSPS) is 12.4. The van der Waals surface area contributed by atoms with Crippen molar-refractivity contribution >= 4 is 17.9 Å². The zero-order chi connectivity index (χ0) is 43.1. The summed E-state index contributed by atoms with van der Waals surface area (Å²) >= 11 is 0. The van der Waals surface area contributed by atoms with Gasteiger partial charge >= 0.3 is 17.9 Å². The SMILES string of the molecule is CCCCCCCCCCCCCCCCCCCCCC(=O)OC[C@H](COC(=O)CCCCCCCCC(C)CC)OC(=O)CCCCCCCCCCCCCC. The molecule has 0 aliphatic rings. The van der Waals surface area contributed by atoms with E-state index in [9.17, 15) is 14.4 Å². The number of rotatable bonds is 48. The zero-order valence-corrected chi connectivity index (χ0v) is 40.2. The van der Waals surface area contributed by atoms with Crippen molar-refractivity contribution in [2.24, 2.45) is 5.92 Å². The van der Waals surface area contributed by atoms with Gasteiger partial charge in [-0.15, -0.1) is 0 Å². The number of hydrogen-bond donors (Lipinski definition) is 0. The number of esters is 3.